The maximum absolute atomic E-state index is 13.3. The summed E-state index contributed by atoms with van der Waals surface area (Å²) >= 11 is 0. The van der Waals surface area contributed by atoms with Crippen LogP contribution in [0.1, 0.15) is 17.5 Å². The molecule has 0 saturated heterocycles. The van der Waals surface area contributed by atoms with Gasteiger partial charge in [0.25, 0.3) is 0 Å². The summed E-state index contributed by atoms with van der Waals surface area (Å²) in [5, 5.41) is 0. The molecule has 0 amide bonds. The topological polar surface area (TPSA) is 47.1 Å². The number of fused-ring (bicyclic) bond motifs is 1. The van der Waals surface area contributed by atoms with Crippen molar-refractivity contribution in [3.63, 3.8) is 0 Å². The fourth-order valence-corrected chi connectivity index (χ4v) is 2.44. The highest BCUT2D eigenvalue weighted by Gasteiger charge is 2.28. The molecule has 1 atom stereocenters. The number of hydrogen-bond acceptors (Lipinski definition) is 3. The lowest BCUT2D eigenvalue weighted by Gasteiger charge is -2.14. The van der Waals surface area contributed by atoms with Gasteiger partial charge in [0, 0.05) is 7.11 Å². The Bertz CT molecular complexity index is 859. The van der Waals surface area contributed by atoms with Crippen molar-refractivity contribution < 1.29 is 27.0 Å². The highest BCUT2D eigenvalue weighted by molar-refractivity contribution is 5.75. The van der Waals surface area contributed by atoms with Crippen molar-refractivity contribution >= 4 is 11.0 Å². The number of rotatable bonds is 5. The number of alkyl halides is 3. The Morgan fingerprint density at radius 1 is 1.12 bits per heavy atom. The van der Waals surface area contributed by atoms with Crippen molar-refractivity contribution in [3.05, 3.63) is 59.7 Å². The van der Waals surface area contributed by atoms with Gasteiger partial charge in [-0.2, -0.15) is 13.2 Å². The third-order valence-electron chi connectivity index (χ3n) is 3.53. The second-order valence-electron chi connectivity index (χ2n) is 5.37. The van der Waals surface area contributed by atoms with Crippen molar-refractivity contribution in [1.82, 2.24) is 9.97 Å². The molecular weight excluding hydrogens is 340 g/mol. The molecule has 0 fully saturated rings. The van der Waals surface area contributed by atoms with E-state index in [1.165, 1.54) is 31.4 Å². The largest absolute Gasteiger partial charge is 0.484 e. The minimum Gasteiger partial charge on any atom is -0.484 e. The number of benzene rings is 2. The summed E-state index contributed by atoms with van der Waals surface area (Å²) in [5.41, 5.74) is 1.78. The van der Waals surface area contributed by atoms with Gasteiger partial charge in [0.05, 0.1) is 11.0 Å². The molecule has 0 saturated carbocycles. The molecule has 0 aliphatic heterocycles. The molecule has 0 spiro atoms. The van der Waals surface area contributed by atoms with Crippen LogP contribution in [0.15, 0.2) is 42.5 Å². The van der Waals surface area contributed by atoms with Gasteiger partial charge in [-0.15, -0.1) is 0 Å². The number of hydrogen-bond donors (Lipinski definition) is 1. The van der Waals surface area contributed by atoms with Crippen molar-refractivity contribution in [3.8, 4) is 5.75 Å². The van der Waals surface area contributed by atoms with Crippen LogP contribution in [0.25, 0.3) is 11.0 Å². The van der Waals surface area contributed by atoms with Crippen LogP contribution >= 0.6 is 0 Å². The quantitative estimate of drug-likeness (QED) is 0.692. The van der Waals surface area contributed by atoms with Crippen molar-refractivity contribution in [2.24, 2.45) is 0 Å². The fraction of sp³-hybridized carbons (Fsp3) is 0.235. The van der Waals surface area contributed by atoms with Gasteiger partial charge in [-0.1, -0.05) is 12.1 Å². The van der Waals surface area contributed by atoms with Crippen LogP contribution in [0.4, 0.5) is 17.6 Å². The van der Waals surface area contributed by atoms with Gasteiger partial charge < -0.3 is 14.5 Å². The summed E-state index contributed by atoms with van der Waals surface area (Å²) in [4.78, 5) is 7.35. The minimum absolute atomic E-state index is 0.0996. The van der Waals surface area contributed by atoms with Crippen LogP contribution < -0.4 is 4.74 Å². The first-order valence-corrected chi connectivity index (χ1v) is 7.33. The fourth-order valence-electron chi connectivity index (χ4n) is 2.44. The molecule has 1 heterocycles. The Kier molecular flexibility index (Phi) is 4.63. The van der Waals surface area contributed by atoms with E-state index in [9.17, 15) is 17.6 Å². The summed E-state index contributed by atoms with van der Waals surface area (Å²) in [6, 6.07) is 10.2. The SMILES string of the molecule is COC(c1ccc(OCC(F)(F)F)cc1)c1nc2ccc(F)cc2[nH]1. The van der Waals surface area contributed by atoms with Gasteiger partial charge in [-0.3, -0.25) is 0 Å². The number of nitrogens with one attached hydrogen (secondary N) is 1. The number of ether oxygens (including phenoxy) is 2. The van der Waals surface area contributed by atoms with E-state index in [1.54, 1.807) is 18.2 Å². The number of imidazole rings is 1. The number of methoxy groups -OCH3 is 1. The molecule has 1 aromatic heterocycles. The zero-order valence-electron chi connectivity index (χ0n) is 13.1. The third-order valence-corrected chi connectivity index (χ3v) is 3.53. The van der Waals surface area contributed by atoms with Crippen LogP contribution in [0.3, 0.4) is 0 Å². The molecule has 0 radical (unpaired) electrons. The Balaban J connectivity index is 1.82. The number of H-pyrrole nitrogens is 1. The van der Waals surface area contributed by atoms with Crippen molar-refractivity contribution in [1.29, 1.82) is 0 Å². The number of aromatic nitrogens is 2. The van der Waals surface area contributed by atoms with Gasteiger partial charge in [0.15, 0.2) is 6.61 Å². The Labute approximate surface area is 140 Å². The van der Waals surface area contributed by atoms with Crippen LogP contribution in [-0.2, 0) is 4.74 Å². The molecule has 0 aliphatic rings. The maximum atomic E-state index is 13.3. The first-order valence-electron chi connectivity index (χ1n) is 7.33. The molecule has 4 nitrogen and oxygen atoms in total. The lowest BCUT2D eigenvalue weighted by molar-refractivity contribution is -0.153. The summed E-state index contributed by atoms with van der Waals surface area (Å²) in [5.74, 6) is 0.178. The van der Waals surface area contributed by atoms with E-state index >= 15 is 0 Å². The molecule has 0 bridgehead atoms. The van der Waals surface area contributed by atoms with Crippen molar-refractivity contribution in [2.75, 3.05) is 13.7 Å². The lowest BCUT2D eigenvalue weighted by Crippen LogP contribution is -2.19. The Morgan fingerprint density at radius 2 is 1.84 bits per heavy atom. The van der Waals surface area contributed by atoms with E-state index in [0.717, 1.165) is 0 Å². The molecule has 0 aliphatic carbocycles. The van der Waals surface area contributed by atoms with Crippen LogP contribution in [-0.4, -0.2) is 29.9 Å². The summed E-state index contributed by atoms with van der Waals surface area (Å²) < 4.78 is 59.9. The van der Waals surface area contributed by atoms with Gasteiger partial charge in [0.2, 0.25) is 0 Å². The summed E-state index contributed by atoms with van der Waals surface area (Å²) in [6.45, 7) is -1.35. The standard InChI is InChI=1S/C17H14F4N2O2/c1-24-15(16-22-13-7-4-11(18)8-14(13)23-16)10-2-5-12(6-3-10)25-9-17(19,20)21/h2-8,15H,9H2,1H3,(H,22,23). The molecular formula is C17H14F4N2O2. The summed E-state index contributed by atoms with van der Waals surface area (Å²) in [7, 11) is 1.48. The second-order valence-corrected chi connectivity index (χ2v) is 5.37. The van der Waals surface area contributed by atoms with Gasteiger partial charge in [-0.25, -0.2) is 9.37 Å². The number of aromatic amines is 1. The van der Waals surface area contributed by atoms with Crippen LogP contribution in [0.5, 0.6) is 5.75 Å². The Morgan fingerprint density at radius 3 is 2.48 bits per heavy atom. The molecule has 3 aromatic rings. The zero-order chi connectivity index (χ0) is 18.0. The van der Waals surface area contributed by atoms with E-state index in [0.29, 0.717) is 22.4 Å². The first kappa shape index (κ1) is 17.2. The average molecular weight is 354 g/mol. The molecule has 3 rings (SSSR count). The number of nitrogens with zero attached hydrogens (tertiary/aromatic N) is 1. The highest BCUT2D eigenvalue weighted by atomic mass is 19.4. The molecule has 1 unspecified atom stereocenters. The smallest absolute Gasteiger partial charge is 0.422 e. The van der Waals surface area contributed by atoms with E-state index in [-0.39, 0.29) is 11.6 Å². The van der Waals surface area contributed by atoms with Crippen molar-refractivity contribution in [2.45, 2.75) is 12.3 Å². The lowest BCUT2D eigenvalue weighted by atomic mass is 10.1. The predicted molar refractivity (Wildman–Crippen MR) is 82.9 cm³/mol. The molecule has 132 valence electrons. The van der Waals surface area contributed by atoms with Crippen LogP contribution in [0.2, 0.25) is 0 Å². The summed E-state index contributed by atoms with van der Waals surface area (Å²) in [6.07, 6.45) is -4.97. The molecule has 1 N–H and O–H groups in total. The first-order chi connectivity index (χ1) is 11.9. The number of halogens is 4. The molecule has 8 heteroatoms. The van der Waals surface area contributed by atoms with E-state index in [1.807, 2.05) is 0 Å². The van der Waals surface area contributed by atoms with Gasteiger partial charge in [0.1, 0.15) is 23.5 Å². The van der Waals surface area contributed by atoms with Crippen LogP contribution in [0, 0.1) is 5.82 Å². The third kappa shape index (κ3) is 4.08. The normalized spacial score (nSPS) is 13.2. The monoisotopic (exact) mass is 354 g/mol. The predicted octanol–water partition coefficient (Wildman–Crippen LogP) is 4.38. The zero-order valence-corrected chi connectivity index (χ0v) is 13.1. The van der Waals surface area contributed by atoms with E-state index in [4.69, 9.17) is 4.74 Å². The van der Waals surface area contributed by atoms with E-state index < -0.39 is 18.9 Å². The minimum atomic E-state index is -4.39. The average Bonchev–Trinajstić information content (AvgIpc) is 2.96. The molecule has 25 heavy (non-hydrogen) atoms. The van der Waals surface area contributed by atoms with Gasteiger partial charge >= 0.3 is 6.18 Å². The molecule has 2 aromatic carbocycles. The van der Waals surface area contributed by atoms with E-state index in [2.05, 4.69) is 14.7 Å². The Hall–Kier alpha value is -2.61. The maximum Gasteiger partial charge on any atom is 0.422 e. The van der Waals surface area contributed by atoms with Gasteiger partial charge in [-0.05, 0) is 35.9 Å². The highest BCUT2D eigenvalue weighted by Crippen LogP contribution is 2.27. The second kappa shape index (κ2) is 6.72.